The number of rotatable bonds is 7. The Balaban J connectivity index is 1.29. The second kappa shape index (κ2) is 9.20. The Morgan fingerprint density at radius 2 is 1.59 bits per heavy atom. The van der Waals surface area contributed by atoms with E-state index in [1.54, 1.807) is 0 Å². The molecule has 2 aliphatic carbocycles. The van der Waals surface area contributed by atoms with E-state index in [0.717, 1.165) is 31.8 Å². The van der Waals surface area contributed by atoms with Crippen molar-refractivity contribution in [2.75, 3.05) is 19.8 Å². The van der Waals surface area contributed by atoms with Gasteiger partial charge in [0.05, 0.1) is 31.3 Å². The second-order valence-corrected chi connectivity index (χ2v) is 10.9. The van der Waals surface area contributed by atoms with Gasteiger partial charge in [0.15, 0.2) is 0 Å². The average Bonchev–Trinajstić information content (AvgIpc) is 3.76. The van der Waals surface area contributed by atoms with Crippen LogP contribution >= 0.6 is 0 Å². The molecule has 2 fully saturated rings. The van der Waals surface area contributed by atoms with Gasteiger partial charge in [-0.1, -0.05) is 78.9 Å². The first kappa shape index (κ1) is 23.2. The van der Waals surface area contributed by atoms with Gasteiger partial charge in [0.2, 0.25) is 6.29 Å². The van der Waals surface area contributed by atoms with Crippen molar-refractivity contribution in [3.63, 3.8) is 0 Å². The summed E-state index contributed by atoms with van der Waals surface area (Å²) < 4.78 is 23.0. The van der Waals surface area contributed by atoms with Crippen molar-refractivity contribution in [3.8, 4) is 16.9 Å². The van der Waals surface area contributed by atoms with Crippen LogP contribution in [0.2, 0.25) is 0 Å². The maximum absolute atomic E-state index is 6.14. The van der Waals surface area contributed by atoms with Gasteiger partial charge in [-0.3, -0.25) is 0 Å². The van der Waals surface area contributed by atoms with Gasteiger partial charge in [-0.15, -0.1) is 0 Å². The summed E-state index contributed by atoms with van der Waals surface area (Å²) in [5.74, 6) is 0.840. The van der Waals surface area contributed by atoms with E-state index in [-0.39, 0.29) is 18.5 Å². The number of hydrogen-bond donors (Lipinski definition) is 0. The van der Waals surface area contributed by atoms with Crippen LogP contribution in [0.5, 0.6) is 5.75 Å². The lowest BCUT2D eigenvalue weighted by Gasteiger charge is -2.36. The molecule has 2 heterocycles. The molecule has 8 rings (SSSR count). The Hall–Kier alpha value is -3.70. The van der Waals surface area contributed by atoms with E-state index in [2.05, 4.69) is 103 Å². The van der Waals surface area contributed by atoms with E-state index >= 15 is 0 Å². The van der Waals surface area contributed by atoms with Crippen molar-refractivity contribution in [2.45, 2.75) is 36.8 Å². The Bertz CT molecular complexity index is 1610. The summed E-state index contributed by atoms with van der Waals surface area (Å²) in [6, 6.07) is 31.0. The molecule has 0 aromatic heterocycles. The third kappa shape index (κ3) is 3.86. The third-order valence-corrected chi connectivity index (χ3v) is 8.52. The highest BCUT2D eigenvalue weighted by molar-refractivity contribution is 5.96. The summed E-state index contributed by atoms with van der Waals surface area (Å²) in [5, 5.41) is 2.51. The lowest BCUT2D eigenvalue weighted by molar-refractivity contribution is -0.165. The monoisotopic (exact) mass is 514 g/mol. The first-order chi connectivity index (χ1) is 19.3. The Morgan fingerprint density at radius 1 is 0.821 bits per heavy atom. The molecule has 2 aliphatic heterocycles. The molecular weight excluding hydrogens is 484 g/mol. The standard InChI is InChI=1S/C35H30O4/c1-2-6-24-20-33-31(19-23(24)5-1)30-7-3-4-8-32(30)35(33,25-9-13-27(14-10-25)37-21-29-22-38-29)26-11-15-28(16-12-26)39-34-17-18-36-34/h1-13,15-16,19-20,27,29,34H,14,17-18,21-22H2. The molecule has 194 valence electrons. The van der Waals surface area contributed by atoms with E-state index < -0.39 is 5.41 Å². The molecule has 0 saturated carbocycles. The first-order valence-electron chi connectivity index (χ1n) is 13.9. The topological polar surface area (TPSA) is 40.2 Å². The highest BCUT2D eigenvalue weighted by Gasteiger charge is 2.47. The summed E-state index contributed by atoms with van der Waals surface area (Å²) in [6.07, 6.45) is 8.88. The summed E-state index contributed by atoms with van der Waals surface area (Å²) >= 11 is 0. The van der Waals surface area contributed by atoms with Crippen molar-refractivity contribution in [1.82, 2.24) is 0 Å². The molecule has 4 atom stereocenters. The summed E-state index contributed by atoms with van der Waals surface area (Å²) in [7, 11) is 0. The van der Waals surface area contributed by atoms with E-state index in [1.807, 2.05) is 0 Å². The lowest BCUT2D eigenvalue weighted by atomic mass is 9.66. The number of allylic oxidation sites excluding steroid dienone is 2. The highest BCUT2D eigenvalue weighted by atomic mass is 16.7. The Kier molecular flexibility index (Phi) is 5.47. The fourth-order valence-electron chi connectivity index (χ4n) is 6.39. The minimum atomic E-state index is -0.442. The molecule has 4 aromatic rings. The smallest absolute Gasteiger partial charge is 0.202 e. The van der Waals surface area contributed by atoms with Crippen LogP contribution in [-0.2, 0) is 19.6 Å². The molecule has 4 aliphatic rings. The second-order valence-electron chi connectivity index (χ2n) is 10.9. The molecule has 0 N–H and O–H groups in total. The molecule has 4 unspecified atom stereocenters. The number of fused-ring (bicyclic) bond motifs is 4. The summed E-state index contributed by atoms with van der Waals surface area (Å²) in [5.41, 5.74) is 7.29. The van der Waals surface area contributed by atoms with Crippen LogP contribution in [0.4, 0.5) is 0 Å². The fraction of sp³-hybridized carbons (Fsp3) is 0.257. The minimum Gasteiger partial charge on any atom is -0.465 e. The molecule has 0 bridgehead atoms. The molecule has 39 heavy (non-hydrogen) atoms. The van der Waals surface area contributed by atoms with E-state index in [4.69, 9.17) is 18.9 Å². The van der Waals surface area contributed by atoms with Gasteiger partial charge < -0.3 is 18.9 Å². The zero-order valence-electron chi connectivity index (χ0n) is 21.7. The number of epoxide rings is 1. The third-order valence-electron chi connectivity index (χ3n) is 8.52. The Labute approximate surface area is 228 Å². The highest BCUT2D eigenvalue weighted by Crippen LogP contribution is 2.58. The van der Waals surface area contributed by atoms with Crippen molar-refractivity contribution in [1.29, 1.82) is 0 Å². The van der Waals surface area contributed by atoms with Crippen LogP contribution in [0, 0.1) is 0 Å². The van der Waals surface area contributed by atoms with Gasteiger partial charge in [0.1, 0.15) is 11.9 Å². The molecule has 0 radical (unpaired) electrons. The van der Waals surface area contributed by atoms with Gasteiger partial charge in [-0.2, -0.15) is 0 Å². The van der Waals surface area contributed by atoms with Crippen molar-refractivity contribution < 1.29 is 18.9 Å². The number of hydrogen-bond acceptors (Lipinski definition) is 4. The number of benzene rings is 4. The normalized spacial score (nSPS) is 26.5. The molecule has 4 aromatic carbocycles. The zero-order valence-corrected chi connectivity index (χ0v) is 21.7. The Morgan fingerprint density at radius 3 is 2.31 bits per heavy atom. The minimum absolute atomic E-state index is 0.0703. The quantitative estimate of drug-likeness (QED) is 0.250. The maximum Gasteiger partial charge on any atom is 0.202 e. The van der Waals surface area contributed by atoms with Crippen molar-refractivity contribution in [2.24, 2.45) is 0 Å². The zero-order chi connectivity index (χ0) is 25.8. The van der Waals surface area contributed by atoms with Gasteiger partial charge in [0, 0.05) is 6.42 Å². The molecule has 2 saturated heterocycles. The largest absolute Gasteiger partial charge is 0.465 e. The number of ether oxygens (including phenoxy) is 4. The molecular formula is C35H30O4. The van der Waals surface area contributed by atoms with E-state index in [0.29, 0.717) is 6.61 Å². The van der Waals surface area contributed by atoms with Gasteiger partial charge in [-0.25, -0.2) is 0 Å². The summed E-state index contributed by atoms with van der Waals surface area (Å²) in [6.45, 7) is 2.24. The molecule has 4 nitrogen and oxygen atoms in total. The van der Waals surface area contributed by atoms with Crippen LogP contribution in [0.1, 0.15) is 29.5 Å². The van der Waals surface area contributed by atoms with Gasteiger partial charge >= 0.3 is 0 Å². The van der Waals surface area contributed by atoms with Crippen LogP contribution in [0.25, 0.3) is 21.9 Å². The lowest BCUT2D eigenvalue weighted by Crippen LogP contribution is -2.32. The van der Waals surface area contributed by atoms with Crippen LogP contribution < -0.4 is 4.74 Å². The fourth-order valence-corrected chi connectivity index (χ4v) is 6.39. The van der Waals surface area contributed by atoms with E-state index in [1.165, 1.54) is 44.2 Å². The predicted octanol–water partition coefficient (Wildman–Crippen LogP) is 6.95. The van der Waals surface area contributed by atoms with Crippen LogP contribution in [-0.4, -0.2) is 38.3 Å². The predicted molar refractivity (Wildman–Crippen MR) is 152 cm³/mol. The van der Waals surface area contributed by atoms with E-state index in [9.17, 15) is 0 Å². The van der Waals surface area contributed by atoms with Gasteiger partial charge in [0.25, 0.3) is 0 Å². The SMILES string of the molecule is C1=CC(OCC2CO2)CC=C1C1(c2ccc(OC3CCO3)cc2)c2ccccc2-c2cc3ccccc3cc21. The molecule has 4 heteroatoms. The van der Waals surface area contributed by atoms with Crippen molar-refractivity contribution >= 4 is 10.8 Å². The van der Waals surface area contributed by atoms with Crippen LogP contribution in [0.15, 0.2) is 109 Å². The summed E-state index contributed by atoms with van der Waals surface area (Å²) in [4.78, 5) is 0. The van der Waals surface area contributed by atoms with Crippen molar-refractivity contribution in [3.05, 3.63) is 125 Å². The van der Waals surface area contributed by atoms with Gasteiger partial charge in [-0.05, 0) is 74.8 Å². The van der Waals surface area contributed by atoms with Crippen LogP contribution in [0.3, 0.4) is 0 Å². The molecule has 0 amide bonds. The maximum atomic E-state index is 6.14. The average molecular weight is 515 g/mol. The molecule has 0 spiro atoms. The first-order valence-corrected chi connectivity index (χ1v) is 13.9.